The van der Waals surface area contributed by atoms with Gasteiger partial charge in [-0.1, -0.05) is 0 Å². The number of hydrogen-bond acceptors (Lipinski definition) is 6. The molecule has 3 heterocycles. The molecule has 0 aliphatic heterocycles. The summed E-state index contributed by atoms with van der Waals surface area (Å²) in [6.07, 6.45) is 4.60. The molecule has 8 nitrogen and oxygen atoms in total. The third-order valence-corrected chi connectivity index (χ3v) is 4.12. The molecular weight excluding hydrogens is 332 g/mol. The van der Waals surface area contributed by atoms with Gasteiger partial charge in [0.15, 0.2) is 5.65 Å². The standard InChI is InChI=1S/C18H16N6O2/c1-23(2)12-5-3-11(4-6-12)21-16-13-7-8-19-10-15(13)24-17(22-16)14(9-20-24)18(25)26/h3-10H,1-2H3,(H,21,22)(H,25,26). The van der Waals surface area contributed by atoms with E-state index in [4.69, 9.17) is 0 Å². The van der Waals surface area contributed by atoms with Crippen LogP contribution in [0.4, 0.5) is 17.2 Å². The highest BCUT2D eigenvalue weighted by molar-refractivity contribution is 5.98. The highest BCUT2D eigenvalue weighted by Gasteiger charge is 2.17. The predicted molar refractivity (Wildman–Crippen MR) is 99.3 cm³/mol. The molecule has 3 aromatic heterocycles. The normalized spacial score (nSPS) is 11.0. The van der Waals surface area contributed by atoms with Crippen LogP contribution in [0.3, 0.4) is 0 Å². The Bertz CT molecular complexity index is 1120. The van der Waals surface area contributed by atoms with Crippen LogP contribution in [0.15, 0.2) is 48.9 Å². The number of carbonyl (C=O) groups is 1. The Hall–Kier alpha value is -3.68. The van der Waals surface area contributed by atoms with Gasteiger partial charge in [0, 0.05) is 37.1 Å². The van der Waals surface area contributed by atoms with Crippen LogP contribution in [-0.2, 0) is 0 Å². The molecule has 0 fully saturated rings. The smallest absolute Gasteiger partial charge is 0.341 e. The van der Waals surface area contributed by atoms with Crippen LogP contribution >= 0.6 is 0 Å². The number of anilines is 3. The minimum atomic E-state index is -1.07. The third kappa shape index (κ3) is 2.57. The quantitative estimate of drug-likeness (QED) is 0.585. The van der Waals surface area contributed by atoms with E-state index in [0.717, 1.165) is 16.8 Å². The van der Waals surface area contributed by atoms with Crippen molar-refractivity contribution >= 4 is 39.7 Å². The maximum absolute atomic E-state index is 11.4. The summed E-state index contributed by atoms with van der Waals surface area (Å²) in [5.41, 5.74) is 2.92. The van der Waals surface area contributed by atoms with Crippen molar-refractivity contribution in [1.82, 2.24) is 19.6 Å². The van der Waals surface area contributed by atoms with Gasteiger partial charge in [-0.3, -0.25) is 4.98 Å². The maximum atomic E-state index is 11.4. The van der Waals surface area contributed by atoms with Crippen molar-refractivity contribution in [1.29, 1.82) is 0 Å². The van der Waals surface area contributed by atoms with Crippen LogP contribution in [0.1, 0.15) is 10.4 Å². The highest BCUT2D eigenvalue weighted by Crippen LogP contribution is 2.27. The summed E-state index contributed by atoms with van der Waals surface area (Å²) < 4.78 is 1.49. The summed E-state index contributed by atoms with van der Waals surface area (Å²) in [7, 11) is 3.96. The van der Waals surface area contributed by atoms with Gasteiger partial charge in [0.05, 0.1) is 17.9 Å². The monoisotopic (exact) mass is 348 g/mol. The Morgan fingerprint density at radius 3 is 2.62 bits per heavy atom. The second-order valence-electron chi connectivity index (χ2n) is 6.02. The Balaban J connectivity index is 1.87. The van der Waals surface area contributed by atoms with Gasteiger partial charge in [0.25, 0.3) is 0 Å². The number of nitrogens with one attached hydrogen (secondary N) is 1. The lowest BCUT2D eigenvalue weighted by atomic mass is 10.2. The Labute approximate surface area is 148 Å². The largest absolute Gasteiger partial charge is 0.477 e. The minimum absolute atomic E-state index is 0.0433. The van der Waals surface area contributed by atoms with E-state index in [0.29, 0.717) is 11.3 Å². The number of aromatic carboxylic acids is 1. The second kappa shape index (κ2) is 5.99. The zero-order valence-electron chi connectivity index (χ0n) is 14.2. The van der Waals surface area contributed by atoms with E-state index < -0.39 is 5.97 Å². The van der Waals surface area contributed by atoms with Crippen molar-refractivity contribution in [2.24, 2.45) is 0 Å². The fraction of sp³-hybridized carbons (Fsp3) is 0.111. The Morgan fingerprint density at radius 2 is 1.92 bits per heavy atom. The molecule has 0 aliphatic carbocycles. The number of pyridine rings is 1. The van der Waals surface area contributed by atoms with Crippen LogP contribution in [-0.4, -0.2) is 44.8 Å². The SMILES string of the molecule is CN(C)c1ccc(Nc2nc3c(C(=O)O)cnn3c3cnccc23)cc1. The third-order valence-electron chi connectivity index (χ3n) is 4.12. The minimum Gasteiger partial charge on any atom is -0.477 e. The van der Waals surface area contributed by atoms with E-state index in [1.807, 2.05) is 49.3 Å². The summed E-state index contributed by atoms with van der Waals surface area (Å²) in [4.78, 5) is 22.1. The van der Waals surface area contributed by atoms with Gasteiger partial charge in [-0.15, -0.1) is 0 Å². The Morgan fingerprint density at radius 1 is 1.15 bits per heavy atom. The molecule has 0 atom stereocenters. The molecule has 0 saturated heterocycles. The fourth-order valence-corrected chi connectivity index (χ4v) is 2.77. The average Bonchev–Trinajstić information content (AvgIpc) is 3.06. The number of hydrogen-bond donors (Lipinski definition) is 2. The molecule has 0 unspecified atom stereocenters. The molecular formula is C18H16N6O2. The van der Waals surface area contributed by atoms with Gasteiger partial charge < -0.3 is 15.3 Å². The Kier molecular flexibility index (Phi) is 3.65. The first-order chi connectivity index (χ1) is 12.5. The molecule has 0 radical (unpaired) electrons. The van der Waals surface area contributed by atoms with E-state index in [9.17, 15) is 9.90 Å². The van der Waals surface area contributed by atoms with Gasteiger partial charge >= 0.3 is 5.97 Å². The van der Waals surface area contributed by atoms with E-state index in [1.54, 1.807) is 12.4 Å². The zero-order valence-corrected chi connectivity index (χ0v) is 14.2. The molecule has 0 saturated carbocycles. The number of carboxylic acid groups (broad SMARTS) is 1. The van der Waals surface area contributed by atoms with Crippen LogP contribution < -0.4 is 10.2 Å². The van der Waals surface area contributed by atoms with Gasteiger partial charge in [-0.05, 0) is 30.3 Å². The average molecular weight is 348 g/mol. The van der Waals surface area contributed by atoms with Crippen molar-refractivity contribution in [3.05, 3.63) is 54.5 Å². The summed E-state index contributed by atoms with van der Waals surface area (Å²) in [6, 6.07) is 9.70. The molecule has 0 bridgehead atoms. The molecule has 130 valence electrons. The van der Waals surface area contributed by atoms with Crippen molar-refractivity contribution in [2.75, 3.05) is 24.3 Å². The van der Waals surface area contributed by atoms with Crippen LogP contribution in [0, 0.1) is 0 Å². The van der Waals surface area contributed by atoms with Crippen molar-refractivity contribution in [3.63, 3.8) is 0 Å². The maximum Gasteiger partial charge on any atom is 0.341 e. The fourth-order valence-electron chi connectivity index (χ4n) is 2.77. The number of carboxylic acids is 1. The van der Waals surface area contributed by atoms with E-state index in [1.165, 1.54) is 10.7 Å². The van der Waals surface area contributed by atoms with Crippen molar-refractivity contribution < 1.29 is 9.90 Å². The summed E-state index contributed by atoms with van der Waals surface area (Å²) >= 11 is 0. The highest BCUT2D eigenvalue weighted by atomic mass is 16.4. The first-order valence-electron chi connectivity index (χ1n) is 7.94. The lowest BCUT2D eigenvalue weighted by molar-refractivity contribution is 0.0699. The molecule has 4 aromatic rings. The number of fused-ring (bicyclic) bond motifs is 3. The first kappa shape index (κ1) is 15.8. The number of benzene rings is 1. The lowest BCUT2D eigenvalue weighted by Crippen LogP contribution is -2.08. The molecule has 0 amide bonds. The van der Waals surface area contributed by atoms with Crippen LogP contribution in [0.2, 0.25) is 0 Å². The van der Waals surface area contributed by atoms with E-state index in [2.05, 4.69) is 20.4 Å². The lowest BCUT2D eigenvalue weighted by Gasteiger charge is -2.14. The first-order valence-corrected chi connectivity index (χ1v) is 7.94. The van der Waals surface area contributed by atoms with Gasteiger partial charge in [0.2, 0.25) is 0 Å². The summed E-state index contributed by atoms with van der Waals surface area (Å²) in [5, 5.41) is 17.6. The molecule has 26 heavy (non-hydrogen) atoms. The molecule has 4 rings (SSSR count). The summed E-state index contributed by atoms with van der Waals surface area (Å²) in [6.45, 7) is 0. The molecule has 8 heteroatoms. The van der Waals surface area contributed by atoms with E-state index >= 15 is 0 Å². The van der Waals surface area contributed by atoms with Crippen LogP contribution in [0.25, 0.3) is 16.6 Å². The van der Waals surface area contributed by atoms with Crippen molar-refractivity contribution in [2.45, 2.75) is 0 Å². The number of rotatable bonds is 4. The van der Waals surface area contributed by atoms with Gasteiger partial charge in [-0.2, -0.15) is 5.10 Å². The van der Waals surface area contributed by atoms with Gasteiger partial charge in [0.1, 0.15) is 11.4 Å². The van der Waals surface area contributed by atoms with Crippen molar-refractivity contribution in [3.8, 4) is 0 Å². The number of nitrogens with zero attached hydrogens (tertiary/aromatic N) is 5. The molecule has 1 aromatic carbocycles. The molecule has 0 aliphatic rings. The summed E-state index contributed by atoms with van der Waals surface area (Å²) in [5.74, 6) is -0.521. The van der Waals surface area contributed by atoms with Gasteiger partial charge in [-0.25, -0.2) is 14.3 Å². The second-order valence-corrected chi connectivity index (χ2v) is 6.02. The zero-order chi connectivity index (χ0) is 18.3. The number of aromatic nitrogens is 4. The molecule has 0 spiro atoms. The topological polar surface area (TPSA) is 95.7 Å². The molecule has 2 N–H and O–H groups in total. The van der Waals surface area contributed by atoms with Crippen LogP contribution in [0.5, 0.6) is 0 Å². The predicted octanol–water partition coefficient (Wildman–Crippen LogP) is 2.79. The van der Waals surface area contributed by atoms with E-state index in [-0.39, 0.29) is 11.2 Å².